The lowest BCUT2D eigenvalue weighted by atomic mass is 10.4. The van der Waals surface area contributed by atoms with Gasteiger partial charge in [-0.3, -0.25) is 4.79 Å². The van der Waals surface area contributed by atoms with Crippen LogP contribution in [0.3, 0.4) is 0 Å². The summed E-state index contributed by atoms with van der Waals surface area (Å²) in [6.45, 7) is 1.95. The Bertz CT molecular complexity index is 259. The fraction of sp³-hybridized carbons (Fsp3) is 0.300. The second-order valence-electron chi connectivity index (χ2n) is 2.60. The van der Waals surface area contributed by atoms with Gasteiger partial charge in [-0.25, -0.2) is 0 Å². The Balaban J connectivity index is 2.31. The Morgan fingerprint density at radius 3 is 2.69 bits per heavy atom. The van der Waals surface area contributed by atoms with Gasteiger partial charge in [-0.2, -0.15) is 0 Å². The Morgan fingerprint density at radius 2 is 2.08 bits per heavy atom. The summed E-state index contributed by atoms with van der Waals surface area (Å²) >= 11 is 1.12. The van der Waals surface area contributed by atoms with Gasteiger partial charge in [0.2, 0.25) is 0 Å². The van der Waals surface area contributed by atoms with Crippen LogP contribution in [-0.4, -0.2) is 5.97 Å². The Morgan fingerprint density at radius 1 is 1.38 bits per heavy atom. The summed E-state index contributed by atoms with van der Waals surface area (Å²) < 4.78 is 4.95. The van der Waals surface area contributed by atoms with Crippen LogP contribution < -0.4 is 0 Å². The van der Waals surface area contributed by atoms with Gasteiger partial charge in [0.15, 0.2) is 0 Å². The summed E-state index contributed by atoms with van der Waals surface area (Å²) in [6.07, 6.45) is 1.31. The number of rotatable bonds is 4. The van der Waals surface area contributed by atoms with Gasteiger partial charge in [0.25, 0.3) is 0 Å². The first-order valence-electron chi connectivity index (χ1n) is 4.25. The fourth-order valence-electron chi connectivity index (χ4n) is 0.816. The zero-order valence-corrected chi connectivity index (χ0v) is 8.34. The van der Waals surface area contributed by atoms with E-state index in [0.717, 1.165) is 23.4 Å². The lowest BCUT2D eigenvalue weighted by Gasteiger charge is -2.00. The van der Waals surface area contributed by atoms with Gasteiger partial charge in [-0.05, 0) is 18.6 Å². The Hall–Kier alpha value is -0.960. The lowest BCUT2D eigenvalue weighted by molar-refractivity contribution is -0.133. The standard InChI is InChI=1S/C10H12O2S/c1-2-6-10(11)12-13-9-7-4-3-5-8-9/h3-5,7-8H,2,6H2,1H3. The van der Waals surface area contributed by atoms with E-state index in [1.165, 1.54) is 0 Å². The SMILES string of the molecule is CCCC(=O)OSc1ccccc1. The highest BCUT2D eigenvalue weighted by atomic mass is 32.2. The zero-order chi connectivity index (χ0) is 9.52. The van der Waals surface area contributed by atoms with Gasteiger partial charge in [-0.1, -0.05) is 25.1 Å². The van der Waals surface area contributed by atoms with Gasteiger partial charge in [0.1, 0.15) is 0 Å². The van der Waals surface area contributed by atoms with E-state index >= 15 is 0 Å². The topological polar surface area (TPSA) is 26.3 Å². The number of carbonyl (C=O) groups is 1. The van der Waals surface area contributed by atoms with Crippen molar-refractivity contribution in [2.24, 2.45) is 0 Å². The first-order chi connectivity index (χ1) is 6.33. The molecule has 0 heterocycles. The van der Waals surface area contributed by atoms with Crippen LogP contribution in [0.2, 0.25) is 0 Å². The molecule has 0 aliphatic carbocycles. The van der Waals surface area contributed by atoms with Crippen LogP contribution in [0, 0.1) is 0 Å². The van der Waals surface area contributed by atoms with Crippen LogP contribution in [0.25, 0.3) is 0 Å². The number of hydrogen-bond acceptors (Lipinski definition) is 3. The predicted molar refractivity (Wildman–Crippen MR) is 53.3 cm³/mol. The van der Waals surface area contributed by atoms with Crippen LogP contribution >= 0.6 is 12.0 Å². The van der Waals surface area contributed by atoms with Gasteiger partial charge in [-0.15, -0.1) is 0 Å². The quantitative estimate of drug-likeness (QED) is 0.692. The van der Waals surface area contributed by atoms with E-state index in [4.69, 9.17) is 4.18 Å². The third kappa shape index (κ3) is 3.99. The van der Waals surface area contributed by atoms with Crippen LogP contribution in [0.5, 0.6) is 0 Å². The molecule has 0 saturated heterocycles. The van der Waals surface area contributed by atoms with E-state index in [0.29, 0.717) is 6.42 Å². The monoisotopic (exact) mass is 196 g/mol. The molecule has 0 aliphatic rings. The van der Waals surface area contributed by atoms with Crippen molar-refractivity contribution in [2.75, 3.05) is 0 Å². The van der Waals surface area contributed by atoms with Gasteiger partial charge >= 0.3 is 5.97 Å². The molecule has 0 bridgehead atoms. The average Bonchev–Trinajstić information content (AvgIpc) is 2.17. The molecule has 0 N–H and O–H groups in total. The maximum atomic E-state index is 11.0. The van der Waals surface area contributed by atoms with Crippen molar-refractivity contribution in [2.45, 2.75) is 24.7 Å². The highest BCUT2D eigenvalue weighted by Crippen LogP contribution is 2.18. The van der Waals surface area contributed by atoms with Crippen molar-refractivity contribution in [1.29, 1.82) is 0 Å². The summed E-state index contributed by atoms with van der Waals surface area (Å²) in [5, 5.41) is 0. The summed E-state index contributed by atoms with van der Waals surface area (Å²) in [4.78, 5) is 11.9. The van der Waals surface area contributed by atoms with Gasteiger partial charge in [0, 0.05) is 11.3 Å². The largest absolute Gasteiger partial charge is 0.386 e. The number of benzene rings is 1. The number of carbonyl (C=O) groups excluding carboxylic acids is 1. The van der Waals surface area contributed by atoms with Crippen LogP contribution in [0.1, 0.15) is 19.8 Å². The molecular formula is C10H12O2S. The molecule has 2 nitrogen and oxygen atoms in total. The summed E-state index contributed by atoms with van der Waals surface area (Å²) in [5.41, 5.74) is 0. The molecule has 0 atom stereocenters. The molecule has 1 aromatic rings. The molecule has 0 radical (unpaired) electrons. The van der Waals surface area contributed by atoms with Crippen LogP contribution in [-0.2, 0) is 8.98 Å². The second-order valence-corrected chi connectivity index (χ2v) is 3.41. The predicted octanol–water partition coefficient (Wildman–Crippen LogP) is 3.04. The minimum Gasteiger partial charge on any atom is -0.386 e. The van der Waals surface area contributed by atoms with E-state index < -0.39 is 0 Å². The normalized spacial score (nSPS) is 9.62. The van der Waals surface area contributed by atoms with E-state index in [9.17, 15) is 4.79 Å². The first-order valence-corrected chi connectivity index (χ1v) is 4.99. The van der Waals surface area contributed by atoms with Crippen molar-refractivity contribution >= 4 is 18.0 Å². The molecule has 0 saturated carbocycles. The molecule has 13 heavy (non-hydrogen) atoms. The minimum absolute atomic E-state index is 0.156. The van der Waals surface area contributed by atoms with Crippen molar-refractivity contribution in [3.8, 4) is 0 Å². The van der Waals surface area contributed by atoms with Gasteiger partial charge < -0.3 is 4.18 Å². The van der Waals surface area contributed by atoms with E-state index in [1.54, 1.807) is 0 Å². The molecule has 3 heteroatoms. The van der Waals surface area contributed by atoms with E-state index in [2.05, 4.69) is 0 Å². The molecule has 0 amide bonds. The minimum atomic E-state index is -0.156. The zero-order valence-electron chi connectivity index (χ0n) is 7.53. The van der Waals surface area contributed by atoms with Crippen molar-refractivity contribution in [3.63, 3.8) is 0 Å². The summed E-state index contributed by atoms with van der Waals surface area (Å²) in [6, 6.07) is 9.57. The summed E-state index contributed by atoms with van der Waals surface area (Å²) in [5.74, 6) is -0.156. The first kappa shape index (κ1) is 10.1. The molecule has 0 aliphatic heterocycles. The molecule has 0 aromatic heterocycles. The highest BCUT2D eigenvalue weighted by Gasteiger charge is 2.01. The molecule has 0 unspecified atom stereocenters. The smallest absolute Gasteiger partial charge is 0.318 e. The number of hydrogen-bond donors (Lipinski definition) is 0. The average molecular weight is 196 g/mol. The summed E-state index contributed by atoms with van der Waals surface area (Å²) in [7, 11) is 0. The molecular weight excluding hydrogens is 184 g/mol. The third-order valence-electron chi connectivity index (χ3n) is 1.43. The highest BCUT2D eigenvalue weighted by molar-refractivity contribution is 7.95. The second kappa shape index (κ2) is 5.65. The van der Waals surface area contributed by atoms with Gasteiger partial charge in [0.05, 0.1) is 12.0 Å². The van der Waals surface area contributed by atoms with E-state index in [-0.39, 0.29) is 5.97 Å². The molecule has 1 rings (SSSR count). The van der Waals surface area contributed by atoms with Crippen LogP contribution in [0.15, 0.2) is 35.2 Å². The molecule has 1 aromatic carbocycles. The molecule has 0 fully saturated rings. The van der Waals surface area contributed by atoms with Crippen molar-refractivity contribution in [3.05, 3.63) is 30.3 Å². The lowest BCUT2D eigenvalue weighted by Crippen LogP contribution is -1.96. The van der Waals surface area contributed by atoms with Crippen molar-refractivity contribution in [1.82, 2.24) is 0 Å². The third-order valence-corrected chi connectivity index (χ3v) is 2.16. The molecule has 0 spiro atoms. The maximum absolute atomic E-state index is 11.0. The van der Waals surface area contributed by atoms with Crippen LogP contribution in [0.4, 0.5) is 0 Å². The molecule has 70 valence electrons. The Kier molecular flexibility index (Phi) is 4.40. The fourth-order valence-corrected chi connectivity index (χ4v) is 1.36. The Labute approximate surface area is 82.5 Å². The van der Waals surface area contributed by atoms with Crippen molar-refractivity contribution < 1.29 is 8.98 Å². The van der Waals surface area contributed by atoms with E-state index in [1.807, 2.05) is 37.3 Å². The maximum Gasteiger partial charge on any atom is 0.318 e.